The molecular weight excluding hydrogens is 444 g/mol. The molecule has 2 aromatic heterocycles. The van der Waals surface area contributed by atoms with Crippen LogP contribution in [0.15, 0.2) is 42.1 Å². The second-order valence-electron chi connectivity index (χ2n) is 8.09. The molecule has 0 radical (unpaired) electrons. The SMILES string of the molecule is CCS(=O)(=O)Nc1cccc(-c2cc(NC3CC3)n3ncc(C=C4CC(=O)NC4=O)c3n2)c1. The van der Waals surface area contributed by atoms with E-state index < -0.39 is 15.9 Å². The van der Waals surface area contributed by atoms with Gasteiger partial charge < -0.3 is 5.32 Å². The highest BCUT2D eigenvalue weighted by Crippen LogP contribution is 2.30. The third-order valence-corrected chi connectivity index (χ3v) is 6.77. The van der Waals surface area contributed by atoms with Gasteiger partial charge in [-0.05, 0) is 38.0 Å². The van der Waals surface area contributed by atoms with Gasteiger partial charge >= 0.3 is 0 Å². The Morgan fingerprint density at radius 2 is 2.06 bits per heavy atom. The van der Waals surface area contributed by atoms with Crippen LogP contribution in [0, 0.1) is 0 Å². The number of hydrogen-bond acceptors (Lipinski definition) is 7. The van der Waals surface area contributed by atoms with Crippen LogP contribution in [0.5, 0.6) is 0 Å². The number of nitrogens with zero attached hydrogens (tertiary/aromatic N) is 3. The van der Waals surface area contributed by atoms with Crippen LogP contribution in [0.2, 0.25) is 0 Å². The predicted molar refractivity (Wildman–Crippen MR) is 124 cm³/mol. The average Bonchev–Trinajstić information content (AvgIpc) is 3.41. The van der Waals surface area contributed by atoms with Gasteiger partial charge in [0.25, 0.3) is 5.91 Å². The molecular formula is C22H22N6O4S. The Morgan fingerprint density at radius 1 is 1.24 bits per heavy atom. The second-order valence-corrected chi connectivity index (χ2v) is 10.1. The molecule has 3 aromatic rings. The quantitative estimate of drug-likeness (QED) is 0.359. The highest BCUT2D eigenvalue weighted by atomic mass is 32.2. The van der Waals surface area contributed by atoms with E-state index in [0.29, 0.717) is 34.2 Å². The van der Waals surface area contributed by atoms with E-state index in [-0.39, 0.29) is 18.1 Å². The molecule has 1 saturated carbocycles. The van der Waals surface area contributed by atoms with Crippen LogP contribution in [0.4, 0.5) is 11.5 Å². The van der Waals surface area contributed by atoms with E-state index in [0.717, 1.165) is 24.2 Å². The largest absolute Gasteiger partial charge is 0.367 e. The molecule has 0 unspecified atom stereocenters. The number of carbonyl (C=O) groups excluding carboxylic acids is 2. The van der Waals surface area contributed by atoms with Crippen molar-refractivity contribution in [3.05, 3.63) is 47.7 Å². The average molecular weight is 467 g/mol. The molecule has 1 aliphatic heterocycles. The van der Waals surface area contributed by atoms with Crippen LogP contribution in [-0.4, -0.2) is 46.6 Å². The molecule has 2 amide bonds. The van der Waals surface area contributed by atoms with Gasteiger partial charge in [-0.1, -0.05) is 12.1 Å². The zero-order chi connectivity index (χ0) is 23.2. The molecule has 2 fully saturated rings. The zero-order valence-electron chi connectivity index (χ0n) is 17.8. The van der Waals surface area contributed by atoms with E-state index >= 15 is 0 Å². The lowest BCUT2D eigenvalue weighted by molar-refractivity contribution is -0.124. The fourth-order valence-electron chi connectivity index (χ4n) is 3.57. The summed E-state index contributed by atoms with van der Waals surface area (Å²) in [6, 6.07) is 9.25. The van der Waals surface area contributed by atoms with Crippen molar-refractivity contribution in [2.24, 2.45) is 0 Å². The first kappa shape index (κ1) is 21.1. The minimum absolute atomic E-state index is 0.0165. The normalized spacial score (nSPS) is 17.5. The smallest absolute Gasteiger partial charge is 0.254 e. The monoisotopic (exact) mass is 466 g/mol. The van der Waals surface area contributed by atoms with Gasteiger partial charge in [0.05, 0.1) is 24.1 Å². The summed E-state index contributed by atoms with van der Waals surface area (Å²) in [6.07, 6.45) is 5.38. The molecule has 0 bridgehead atoms. The summed E-state index contributed by atoms with van der Waals surface area (Å²) in [7, 11) is -3.41. The van der Waals surface area contributed by atoms with Gasteiger partial charge in [-0.2, -0.15) is 9.61 Å². The number of benzene rings is 1. The minimum atomic E-state index is -3.41. The number of nitrogens with one attached hydrogen (secondary N) is 3. The zero-order valence-corrected chi connectivity index (χ0v) is 18.6. The number of fused-ring (bicyclic) bond motifs is 1. The number of rotatable bonds is 7. The maximum absolute atomic E-state index is 12.0. The number of amides is 2. The highest BCUT2D eigenvalue weighted by Gasteiger charge is 2.26. The van der Waals surface area contributed by atoms with Crippen molar-refractivity contribution in [1.82, 2.24) is 19.9 Å². The van der Waals surface area contributed by atoms with E-state index in [1.54, 1.807) is 41.9 Å². The topological polar surface area (TPSA) is 135 Å². The number of imide groups is 1. The summed E-state index contributed by atoms with van der Waals surface area (Å²) < 4.78 is 28.2. The molecule has 5 rings (SSSR count). The van der Waals surface area contributed by atoms with Crippen LogP contribution >= 0.6 is 0 Å². The van der Waals surface area contributed by atoms with Crippen molar-refractivity contribution in [3.8, 4) is 11.3 Å². The number of carbonyl (C=O) groups is 2. The third kappa shape index (κ3) is 4.44. The first-order chi connectivity index (χ1) is 15.8. The molecule has 170 valence electrons. The Hall–Kier alpha value is -3.73. The van der Waals surface area contributed by atoms with Gasteiger partial charge in [0.15, 0.2) is 5.65 Å². The summed E-state index contributed by atoms with van der Waals surface area (Å²) in [6.45, 7) is 1.57. The Morgan fingerprint density at radius 3 is 2.76 bits per heavy atom. The molecule has 10 nitrogen and oxygen atoms in total. The first-order valence-electron chi connectivity index (χ1n) is 10.6. The molecule has 1 aliphatic carbocycles. The van der Waals surface area contributed by atoms with Crippen molar-refractivity contribution < 1.29 is 18.0 Å². The first-order valence-corrected chi connectivity index (χ1v) is 12.3. The summed E-state index contributed by atoms with van der Waals surface area (Å²) in [5.41, 5.74) is 3.28. The molecule has 3 heterocycles. The Labute approximate surface area is 190 Å². The van der Waals surface area contributed by atoms with Crippen molar-refractivity contribution in [2.75, 3.05) is 15.8 Å². The predicted octanol–water partition coefficient (Wildman–Crippen LogP) is 2.16. The standard InChI is InChI=1S/C22H22N6O4S/c1-2-33(31,32)27-17-5-3-4-13(9-17)18-11-19(24-16-6-7-16)28-21(25-18)15(12-23-28)8-14-10-20(29)26-22(14)30/h3-5,8-9,11-12,16,24,27H,2,6-7,10H2,1H3,(H,26,29,30). The maximum atomic E-state index is 12.0. The van der Waals surface area contributed by atoms with Gasteiger partial charge in [-0.15, -0.1) is 0 Å². The fraction of sp³-hybridized carbons (Fsp3) is 0.273. The Balaban J connectivity index is 1.60. The van der Waals surface area contributed by atoms with E-state index in [2.05, 4.69) is 20.5 Å². The molecule has 11 heteroatoms. The Kier molecular flexibility index (Phi) is 5.12. The van der Waals surface area contributed by atoms with E-state index in [4.69, 9.17) is 4.98 Å². The van der Waals surface area contributed by atoms with Gasteiger partial charge in [0.2, 0.25) is 15.9 Å². The van der Waals surface area contributed by atoms with Crippen LogP contribution in [-0.2, 0) is 19.6 Å². The minimum Gasteiger partial charge on any atom is -0.367 e. The van der Waals surface area contributed by atoms with Crippen molar-refractivity contribution in [1.29, 1.82) is 0 Å². The van der Waals surface area contributed by atoms with Gasteiger partial charge in [-0.3, -0.25) is 19.6 Å². The summed E-state index contributed by atoms with van der Waals surface area (Å²) in [4.78, 5) is 28.3. The summed E-state index contributed by atoms with van der Waals surface area (Å²) in [5.74, 6) is -0.0314. The van der Waals surface area contributed by atoms with Gasteiger partial charge in [0, 0.05) is 34.5 Å². The lowest BCUT2D eigenvalue weighted by Gasteiger charge is -2.12. The van der Waals surface area contributed by atoms with Crippen LogP contribution in [0.3, 0.4) is 0 Å². The molecule has 33 heavy (non-hydrogen) atoms. The molecule has 3 N–H and O–H groups in total. The molecule has 0 spiro atoms. The van der Waals surface area contributed by atoms with Gasteiger partial charge in [-0.25, -0.2) is 13.4 Å². The summed E-state index contributed by atoms with van der Waals surface area (Å²) >= 11 is 0. The van der Waals surface area contributed by atoms with Crippen molar-refractivity contribution in [2.45, 2.75) is 32.2 Å². The van der Waals surface area contributed by atoms with Crippen LogP contribution in [0.1, 0.15) is 31.7 Å². The molecule has 1 aromatic carbocycles. The van der Waals surface area contributed by atoms with E-state index in [1.165, 1.54) is 0 Å². The lowest BCUT2D eigenvalue weighted by atomic mass is 10.1. The van der Waals surface area contributed by atoms with Gasteiger partial charge in [0.1, 0.15) is 5.82 Å². The number of aromatic nitrogens is 3. The maximum Gasteiger partial charge on any atom is 0.254 e. The second kappa shape index (κ2) is 8.00. The number of anilines is 2. The molecule has 0 atom stereocenters. The van der Waals surface area contributed by atoms with Crippen LogP contribution < -0.4 is 15.4 Å². The number of sulfonamides is 1. The molecule has 2 aliphatic rings. The Bertz CT molecular complexity index is 1420. The van der Waals surface area contributed by atoms with E-state index in [1.807, 2.05) is 12.1 Å². The highest BCUT2D eigenvalue weighted by molar-refractivity contribution is 7.92. The lowest BCUT2D eigenvalue weighted by Crippen LogP contribution is -2.19. The number of hydrogen-bond donors (Lipinski definition) is 3. The van der Waals surface area contributed by atoms with Crippen LogP contribution in [0.25, 0.3) is 23.0 Å². The van der Waals surface area contributed by atoms with Crippen molar-refractivity contribution >= 4 is 45.1 Å². The van der Waals surface area contributed by atoms with E-state index in [9.17, 15) is 18.0 Å². The van der Waals surface area contributed by atoms with Crippen molar-refractivity contribution in [3.63, 3.8) is 0 Å². The molecule has 1 saturated heterocycles. The summed E-state index contributed by atoms with van der Waals surface area (Å²) in [5, 5.41) is 10.2. The third-order valence-electron chi connectivity index (χ3n) is 5.47. The fourth-order valence-corrected chi connectivity index (χ4v) is 4.20.